The van der Waals surface area contributed by atoms with E-state index in [1.807, 2.05) is 50.2 Å². The number of aryl methyl sites for hydroxylation is 2. The van der Waals surface area contributed by atoms with Crippen molar-refractivity contribution in [1.82, 2.24) is 14.9 Å². The van der Waals surface area contributed by atoms with Gasteiger partial charge in [0.15, 0.2) is 0 Å². The Balaban J connectivity index is 1.44. The molecule has 0 aliphatic carbocycles. The summed E-state index contributed by atoms with van der Waals surface area (Å²) in [6, 6.07) is 13.0. The summed E-state index contributed by atoms with van der Waals surface area (Å²) in [5.74, 6) is -0.470. The Morgan fingerprint density at radius 3 is 2.79 bits per heavy atom. The van der Waals surface area contributed by atoms with Crippen LogP contribution in [0.5, 0.6) is 0 Å². The number of ether oxygens (including phenoxy) is 1. The first-order valence-electron chi connectivity index (χ1n) is 11.6. The van der Waals surface area contributed by atoms with Gasteiger partial charge in [0.25, 0.3) is 5.56 Å². The smallest absolute Gasteiger partial charge is 0.270 e. The predicted molar refractivity (Wildman–Crippen MR) is 131 cm³/mol. The zero-order valence-electron chi connectivity index (χ0n) is 19.6. The fourth-order valence-corrected chi connectivity index (χ4v) is 4.16. The number of nitrogens with one attached hydrogen (secondary N) is 2. The summed E-state index contributed by atoms with van der Waals surface area (Å²) in [6.07, 6.45) is 1.99. The molecule has 1 atom stereocenters. The number of fused-ring (bicyclic) bond motifs is 1. The molecular formula is C26H30N4O4. The first-order valence-corrected chi connectivity index (χ1v) is 11.6. The van der Waals surface area contributed by atoms with E-state index in [1.165, 1.54) is 4.90 Å². The summed E-state index contributed by atoms with van der Waals surface area (Å²) in [7, 11) is 0. The summed E-state index contributed by atoms with van der Waals surface area (Å²) in [6.45, 7) is 4.88. The molecule has 4 rings (SSSR count). The molecule has 178 valence electrons. The molecule has 0 radical (unpaired) electrons. The highest BCUT2D eigenvalue weighted by molar-refractivity contribution is 5.95. The molecule has 34 heavy (non-hydrogen) atoms. The minimum absolute atomic E-state index is 0.0758. The Morgan fingerprint density at radius 2 is 2.00 bits per heavy atom. The average Bonchev–Trinajstić information content (AvgIpc) is 3.33. The zero-order valence-corrected chi connectivity index (χ0v) is 19.6. The number of hydrogen-bond donors (Lipinski definition) is 2. The molecule has 2 heterocycles. The van der Waals surface area contributed by atoms with E-state index in [9.17, 15) is 14.4 Å². The van der Waals surface area contributed by atoms with Crippen molar-refractivity contribution in [3.63, 3.8) is 0 Å². The van der Waals surface area contributed by atoms with Crippen LogP contribution in [0.2, 0.25) is 0 Å². The molecular weight excluding hydrogens is 432 g/mol. The van der Waals surface area contributed by atoms with Gasteiger partial charge in [0, 0.05) is 31.7 Å². The van der Waals surface area contributed by atoms with Gasteiger partial charge in [-0.25, -0.2) is 4.98 Å². The molecule has 1 saturated heterocycles. The molecule has 1 aromatic heterocycles. The summed E-state index contributed by atoms with van der Waals surface area (Å²) < 4.78 is 5.71. The Bertz CT molecular complexity index is 1250. The first-order chi connectivity index (χ1) is 16.4. The third kappa shape index (κ3) is 5.69. The number of aromatic nitrogens is 2. The van der Waals surface area contributed by atoms with Gasteiger partial charge in [-0.2, -0.15) is 0 Å². The topological polar surface area (TPSA) is 104 Å². The van der Waals surface area contributed by atoms with Gasteiger partial charge in [0.1, 0.15) is 5.69 Å². The molecule has 8 heteroatoms. The van der Waals surface area contributed by atoms with E-state index in [-0.39, 0.29) is 42.9 Å². The summed E-state index contributed by atoms with van der Waals surface area (Å²) >= 11 is 0. The summed E-state index contributed by atoms with van der Waals surface area (Å²) in [4.78, 5) is 47.1. The maximum atomic E-state index is 13.1. The van der Waals surface area contributed by atoms with E-state index in [4.69, 9.17) is 4.74 Å². The van der Waals surface area contributed by atoms with Crippen LogP contribution in [-0.2, 0) is 20.7 Å². The highest BCUT2D eigenvalue weighted by Gasteiger charge is 2.25. The van der Waals surface area contributed by atoms with Crippen molar-refractivity contribution in [3.05, 3.63) is 69.6 Å². The molecule has 1 aliphatic heterocycles. The van der Waals surface area contributed by atoms with Crippen LogP contribution >= 0.6 is 0 Å². The number of para-hydroxylation sites is 2. The maximum absolute atomic E-state index is 13.1. The van der Waals surface area contributed by atoms with Gasteiger partial charge in [0.2, 0.25) is 11.8 Å². The van der Waals surface area contributed by atoms with Crippen LogP contribution in [0.1, 0.15) is 36.1 Å². The van der Waals surface area contributed by atoms with Gasteiger partial charge in [-0.05, 0) is 56.0 Å². The van der Waals surface area contributed by atoms with E-state index >= 15 is 0 Å². The van der Waals surface area contributed by atoms with Crippen LogP contribution in [0.3, 0.4) is 0 Å². The lowest BCUT2D eigenvalue weighted by Gasteiger charge is -2.25. The SMILES string of the molecule is Cc1cccc(NC(=O)CN(C[C@@H]2CCCO2)C(=O)CCc2nc3ccccc3[nH]c2=O)c1C. The predicted octanol–water partition coefficient (Wildman–Crippen LogP) is 3.12. The fourth-order valence-electron chi connectivity index (χ4n) is 4.16. The number of nitrogens with zero attached hydrogens (tertiary/aromatic N) is 2. The molecule has 0 bridgehead atoms. The second-order valence-corrected chi connectivity index (χ2v) is 8.73. The van der Waals surface area contributed by atoms with Crippen molar-refractivity contribution in [3.8, 4) is 0 Å². The van der Waals surface area contributed by atoms with Gasteiger partial charge in [-0.15, -0.1) is 0 Å². The second-order valence-electron chi connectivity index (χ2n) is 8.73. The second kappa shape index (κ2) is 10.6. The molecule has 0 spiro atoms. The molecule has 1 fully saturated rings. The van der Waals surface area contributed by atoms with Crippen LogP contribution in [0.25, 0.3) is 11.0 Å². The van der Waals surface area contributed by atoms with Crippen LogP contribution in [0.15, 0.2) is 47.3 Å². The Hall–Kier alpha value is -3.52. The van der Waals surface area contributed by atoms with Crippen LogP contribution in [0, 0.1) is 13.8 Å². The van der Waals surface area contributed by atoms with E-state index in [0.717, 1.165) is 29.7 Å². The molecule has 1 aliphatic rings. The van der Waals surface area contributed by atoms with E-state index < -0.39 is 0 Å². The lowest BCUT2D eigenvalue weighted by atomic mass is 10.1. The monoisotopic (exact) mass is 462 g/mol. The lowest BCUT2D eigenvalue weighted by molar-refractivity contribution is -0.136. The van der Waals surface area contributed by atoms with Gasteiger partial charge >= 0.3 is 0 Å². The lowest BCUT2D eigenvalue weighted by Crippen LogP contribution is -2.42. The fraction of sp³-hybridized carbons (Fsp3) is 0.385. The quantitative estimate of drug-likeness (QED) is 0.535. The summed E-state index contributed by atoms with van der Waals surface area (Å²) in [5.41, 5.74) is 4.15. The van der Waals surface area contributed by atoms with Crippen molar-refractivity contribution in [1.29, 1.82) is 0 Å². The van der Waals surface area contributed by atoms with E-state index in [1.54, 1.807) is 6.07 Å². The van der Waals surface area contributed by atoms with Gasteiger partial charge in [0.05, 0.1) is 23.7 Å². The number of rotatable bonds is 8. The average molecular weight is 463 g/mol. The number of carbonyl (C=O) groups is 2. The third-order valence-electron chi connectivity index (χ3n) is 6.26. The van der Waals surface area contributed by atoms with Gasteiger partial charge < -0.3 is 19.9 Å². The van der Waals surface area contributed by atoms with Gasteiger partial charge in [-0.1, -0.05) is 24.3 Å². The Kier molecular flexibility index (Phi) is 7.37. The third-order valence-corrected chi connectivity index (χ3v) is 6.26. The normalized spacial score (nSPS) is 15.4. The molecule has 2 amide bonds. The first kappa shape index (κ1) is 23.6. The van der Waals surface area contributed by atoms with Crippen molar-refractivity contribution in [2.75, 3.05) is 25.0 Å². The van der Waals surface area contributed by atoms with Crippen molar-refractivity contribution in [2.45, 2.75) is 45.6 Å². The van der Waals surface area contributed by atoms with Crippen LogP contribution < -0.4 is 10.9 Å². The standard InChI is InChI=1S/C26H30N4O4/c1-17-7-5-11-20(18(17)2)28-24(31)16-30(15-19-8-6-14-34-19)25(32)13-12-23-26(33)29-22-10-4-3-9-21(22)27-23/h3-5,7,9-11,19H,6,8,12-16H2,1-2H3,(H,28,31)(H,29,33)/t19-/m0/s1. The van der Waals surface area contributed by atoms with Crippen LogP contribution in [-0.4, -0.2) is 52.5 Å². The van der Waals surface area contributed by atoms with E-state index in [2.05, 4.69) is 15.3 Å². The van der Waals surface area contributed by atoms with Crippen molar-refractivity contribution < 1.29 is 14.3 Å². The molecule has 2 N–H and O–H groups in total. The molecule has 0 unspecified atom stereocenters. The Labute approximate surface area is 198 Å². The maximum Gasteiger partial charge on any atom is 0.270 e. The van der Waals surface area contributed by atoms with E-state index in [0.29, 0.717) is 29.9 Å². The number of amides is 2. The Morgan fingerprint density at radius 1 is 1.18 bits per heavy atom. The molecule has 3 aromatic rings. The zero-order chi connectivity index (χ0) is 24.1. The van der Waals surface area contributed by atoms with Crippen LogP contribution in [0.4, 0.5) is 5.69 Å². The van der Waals surface area contributed by atoms with Gasteiger partial charge in [-0.3, -0.25) is 14.4 Å². The number of benzene rings is 2. The number of anilines is 1. The number of carbonyl (C=O) groups excluding carboxylic acids is 2. The highest BCUT2D eigenvalue weighted by atomic mass is 16.5. The molecule has 2 aromatic carbocycles. The molecule has 8 nitrogen and oxygen atoms in total. The largest absolute Gasteiger partial charge is 0.376 e. The van der Waals surface area contributed by atoms with Crippen molar-refractivity contribution in [2.24, 2.45) is 0 Å². The summed E-state index contributed by atoms with van der Waals surface area (Å²) in [5, 5.41) is 2.92. The highest BCUT2D eigenvalue weighted by Crippen LogP contribution is 2.19. The molecule has 0 saturated carbocycles. The number of H-pyrrole nitrogens is 1. The van der Waals surface area contributed by atoms with Crippen molar-refractivity contribution >= 4 is 28.5 Å². The number of hydrogen-bond acceptors (Lipinski definition) is 5. The number of aromatic amines is 1. The minimum Gasteiger partial charge on any atom is -0.376 e. The minimum atomic E-state index is -0.301.